The van der Waals surface area contributed by atoms with E-state index in [1.54, 1.807) is 23.1 Å². The zero-order valence-electron chi connectivity index (χ0n) is 38.3. The maximum atomic E-state index is 15.7. The van der Waals surface area contributed by atoms with E-state index in [-0.39, 0.29) is 35.6 Å². The molecule has 2 saturated carbocycles. The number of rotatable bonds is 9. The molecule has 2 unspecified atom stereocenters. The van der Waals surface area contributed by atoms with Crippen LogP contribution < -0.4 is 30.7 Å². The molecule has 7 aliphatic rings. The molecule has 1 spiro atoms. The van der Waals surface area contributed by atoms with E-state index < -0.39 is 0 Å². The number of benzene rings is 2. The fourth-order valence-corrected chi connectivity index (χ4v) is 12.9. The van der Waals surface area contributed by atoms with Crippen molar-refractivity contribution in [2.24, 2.45) is 11.3 Å². The summed E-state index contributed by atoms with van der Waals surface area (Å²) in [7, 11) is 0. The molecule has 4 N–H and O–H groups in total. The first-order chi connectivity index (χ1) is 32.6. The Hall–Kier alpha value is -5.96. The number of anilines is 5. The smallest absolute Gasteiger partial charge is 0.328 e. The molecule has 8 heterocycles. The van der Waals surface area contributed by atoms with Crippen LogP contribution in [-0.2, 0) is 4.79 Å². The lowest BCUT2D eigenvalue weighted by Gasteiger charge is -2.47. The molecule has 5 aromatic rings. The van der Waals surface area contributed by atoms with Gasteiger partial charge in [-0.05, 0) is 155 Å². The highest BCUT2D eigenvalue weighted by Crippen LogP contribution is 2.51. The third-order valence-corrected chi connectivity index (χ3v) is 16.9. The van der Waals surface area contributed by atoms with Gasteiger partial charge in [-0.3, -0.25) is 15.0 Å². The average molecular weight is 908 g/mol. The van der Waals surface area contributed by atoms with Crippen molar-refractivity contribution in [1.82, 2.24) is 30.0 Å². The summed E-state index contributed by atoms with van der Waals surface area (Å²) in [5, 5.41) is 22.7. The van der Waals surface area contributed by atoms with Crippen molar-refractivity contribution in [3.05, 3.63) is 78.4 Å². The van der Waals surface area contributed by atoms with Crippen LogP contribution in [0.3, 0.4) is 0 Å². The molecule has 350 valence electrons. The SMILES string of the molecule is Nc1nnc(-c2ccccc2O)cc1N1CC2CCC(C1)N2c1ccc(F)c(N2CCC(CN3CCC4(CCC(n5cc(C6CC6)c6cc(N7CCC(=O)NC7=O)cnc65)CC4)CC3)CC2)c1. The Balaban J connectivity index is 0.638. The largest absolute Gasteiger partial charge is 0.507 e. The van der Waals surface area contributed by atoms with Crippen LogP contribution in [0.2, 0.25) is 0 Å². The van der Waals surface area contributed by atoms with Crippen molar-refractivity contribution in [2.45, 2.75) is 108 Å². The number of nitrogens with zero attached hydrogens (tertiary/aromatic N) is 9. The summed E-state index contributed by atoms with van der Waals surface area (Å²) >= 11 is 0. The van der Waals surface area contributed by atoms with Crippen LogP contribution in [0.5, 0.6) is 5.75 Å². The third kappa shape index (κ3) is 8.00. The molecule has 2 aliphatic carbocycles. The van der Waals surface area contributed by atoms with Gasteiger partial charge < -0.3 is 35.0 Å². The number of piperazine rings is 1. The minimum absolute atomic E-state index is 0.141. The van der Waals surface area contributed by atoms with Crippen molar-refractivity contribution in [2.75, 3.05) is 77.7 Å². The van der Waals surface area contributed by atoms with Gasteiger partial charge in [-0.15, -0.1) is 10.2 Å². The molecule has 7 fully saturated rings. The first-order valence-electron chi connectivity index (χ1n) is 25.0. The molecular formula is C52H62FN11O3. The Morgan fingerprint density at radius 1 is 0.776 bits per heavy atom. The Kier molecular flexibility index (Phi) is 10.7. The summed E-state index contributed by atoms with van der Waals surface area (Å²) < 4.78 is 18.1. The number of phenolic OH excluding ortho intramolecular Hbond substituents is 1. The number of carbonyl (C=O) groups excluding carboxylic acids is 2. The highest BCUT2D eigenvalue weighted by molar-refractivity contribution is 6.06. The minimum Gasteiger partial charge on any atom is -0.507 e. The Morgan fingerprint density at radius 3 is 2.27 bits per heavy atom. The summed E-state index contributed by atoms with van der Waals surface area (Å²) in [5.41, 5.74) is 13.9. The number of pyridine rings is 1. The summed E-state index contributed by atoms with van der Waals surface area (Å²) in [4.78, 5) is 40.9. The van der Waals surface area contributed by atoms with Gasteiger partial charge in [0.1, 0.15) is 17.2 Å². The van der Waals surface area contributed by atoms with Crippen LogP contribution in [0.25, 0.3) is 22.3 Å². The van der Waals surface area contributed by atoms with Crippen LogP contribution in [0.4, 0.5) is 37.8 Å². The number of piperidine rings is 2. The molecule has 3 aromatic heterocycles. The van der Waals surface area contributed by atoms with Gasteiger partial charge >= 0.3 is 6.03 Å². The molecule has 3 amide bonds. The van der Waals surface area contributed by atoms with Crippen LogP contribution >= 0.6 is 0 Å². The molecule has 5 saturated heterocycles. The maximum Gasteiger partial charge on any atom is 0.328 e. The van der Waals surface area contributed by atoms with Crippen molar-refractivity contribution >= 4 is 51.5 Å². The molecule has 5 aliphatic heterocycles. The minimum atomic E-state index is -0.363. The molecule has 67 heavy (non-hydrogen) atoms. The predicted octanol–water partition coefficient (Wildman–Crippen LogP) is 8.22. The van der Waals surface area contributed by atoms with E-state index in [9.17, 15) is 14.7 Å². The summed E-state index contributed by atoms with van der Waals surface area (Å²) in [6.07, 6.45) is 18.5. The number of hydrogen-bond acceptors (Lipinski definition) is 11. The molecule has 0 radical (unpaired) electrons. The Labute approximate surface area is 391 Å². The Morgan fingerprint density at radius 2 is 1.54 bits per heavy atom. The Bertz CT molecular complexity index is 2680. The average Bonchev–Trinajstić information content (AvgIpc) is 4.07. The predicted molar refractivity (Wildman–Crippen MR) is 259 cm³/mol. The number of aromatic nitrogens is 4. The van der Waals surface area contributed by atoms with Crippen molar-refractivity contribution in [1.29, 1.82) is 0 Å². The zero-order chi connectivity index (χ0) is 45.4. The van der Waals surface area contributed by atoms with Crippen LogP contribution in [-0.4, -0.2) is 106 Å². The van der Waals surface area contributed by atoms with E-state index in [0.717, 1.165) is 105 Å². The van der Waals surface area contributed by atoms with E-state index in [0.29, 0.717) is 53.3 Å². The number of carbonyl (C=O) groups is 2. The first kappa shape index (κ1) is 42.4. The van der Waals surface area contributed by atoms with Gasteiger partial charge in [0.2, 0.25) is 5.91 Å². The number of aromatic hydroxyl groups is 1. The molecule has 2 atom stereocenters. The van der Waals surface area contributed by atoms with E-state index in [2.05, 4.69) is 58.0 Å². The number of nitrogens with one attached hydrogen (secondary N) is 1. The monoisotopic (exact) mass is 908 g/mol. The molecule has 12 rings (SSSR count). The molecule has 14 nitrogen and oxygen atoms in total. The first-order valence-corrected chi connectivity index (χ1v) is 25.0. The number of hydrogen-bond donors (Lipinski definition) is 3. The van der Waals surface area contributed by atoms with Crippen LogP contribution in [0, 0.1) is 17.2 Å². The van der Waals surface area contributed by atoms with E-state index in [4.69, 9.17) is 10.7 Å². The number of imide groups is 1. The van der Waals surface area contributed by atoms with E-state index >= 15 is 4.39 Å². The third-order valence-electron chi connectivity index (χ3n) is 16.9. The van der Waals surface area contributed by atoms with Gasteiger partial charge in [-0.2, -0.15) is 0 Å². The fourth-order valence-electron chi connectivity index (χ4n) is 12.9. The maximum absolute atomic E-state index is 15.7. The second kappa shape index (κ2) is 17.0. The van der Waals surface area contributed by atoms with Crippen molar-refractivity contribution in [3.63, 3.8) is 0 Å². The van der Waals surface area contributed by atoms with Gasteiger partial charge in [0.15, 0.2) is 5.82 Å². The number of nitrogen functional groups attached to an aromatic ring is 1. The fraction of sp³-hybridized carbons (Fsp3) is 0.519. The van der Waals surface area contributed by atoms with Gasteiger partial charge in [-0.1, -0.05) is 12.1 Å². The highest BCUT2D eigenvalue weighted by atomic mass is 19.1. The lowest BCUT2D eigenvalue weighted by atomic mass is 9.67. The lowest BCUT2D eigenvalue weighted by molar-refractivity contribution is -0.120. The standard InChI is InChI=1S/C52H62FN11O3/c53-43-10-9-36(64-37-7-8-38(64)31-61(30-37)46-27-44(57-58-49(46)54)40-3-1-2-4-47(40)65)26-45(43)60-20-13-33(14-21-60)29-59-23-18-52(19-24-59)16-11-35(12-17-52)63-32-42(34-5-6-34)41-25-39(28-55-50(41)63)62-22-15-48(66)56-51(62)67/h1-4,9-10,25-28,32-35,37-38,65H,5-8,11-24,29-31H2,(H2,54,58)(H,56,66,67). The van der Waals surface area contributed by atoms with Crippen molar-refractivity contribution < 1.29 is 19.1 Å². The number of urea groups is 1. The number of fused-ring (bicyclic) bond motifs is 3. The molecule has 15 heteroatoms. The summed E-state index contributed by atoms with van der Waals surface area (Å²) in [6.45, 7) is 7.16. The van der Waals surface area contributed by atoms with E-state index in [1.165, 1.54) is 56.9 Å². The molecule has 2 bridgehead atoms. The topological polar surface area (TPSA) is 152 Å². The number of nitrogens with two attached hydrogens (primary N) is 1. The van der Waals surface area contributed by atoms with Gasteiger partial charge in [0, 0.05) is 86.6 Å². The van der Waals surface area contributed by atoms with Crippen LogP contribution in [0.15, 0.2) is 67.0 Å². The zero-order valence-corrected chi connectivity index (χ0v) is 38.3. The number of amides is 3. The number of phenols is 1. The molecular weight excluding hydrogens is 846 g/mol. The second-order valence-corrected chi connectivity index (χ2v) is 20.9. The highest BCUT2D eigenvalue weighted by Gasteiger charge is 2.43. The number of para-hydroxylation sites is 1. The van der Waals surface area contributed by atoms with Crippen LogP contribution in [0.1, 0.15) is 101 Å². The number of likely N-dealkylation sites (tertiary alicyclic amines) is 1. The summed E-state index contributed by atoms with van der Waals surface area (Å²) in [6, 6.07) is 17.6. The van der Waals surface area contributed by atoms with Crippen molar-refractivity contribution in [3.8, 4) is 17.0 Å². The van der Waals surface area contributed by atoms with Gasteiger partial charge in [0.05, 0.1) is 29.0 Å². The number of halogens is 1. The van der Waals surface area contributed by atoms with Gasteiger partial charge in [0.25, 0.3) is 0 Å². The normalized spacial score (nSPS) is 24.0. The molecule has 2 aromatic carbocycles. The quantitative estimate of drug-likeness (QED) is 0.131. The van der Waals surface area contributed by atoms with E-state index in [1.807, 2.05) is 30.5 Å². The second-order valence-electron chi connectivity index (χ2n) is 20.9. The van der Waals surface area contributed by atoms with Gasteiger partial charge in [-0.25, -0.2) is 14.2 Å². The lowest BCUT2D eigenvalue weighted by Crippen LogP contribution is -2.54. The summed E-state index contributed by atoms with van der Waals surface area (Å²) in [5.74, 6) is 1.37.